The predicted molar refractivity (Wildman–Crippen MR) is 140 cm³/mol. The fraction of sp³-hybridized carbons (Fsp3) is 0.593. The minimum Gasteiger partial charge on any atom is -0.394 e. The number of nitrogens with zero attached hydrogens (tertiary/aromatic N) is 3. The first-order chi connectivity index (χ1) is 17.5. The van der Waals surface area contributed by atoms with Crippen molar-refractivity contribution in [1.29, 1.82) is 5.26 Å². The minimum atomic E-state index is -0.642. The summed E-state index contributed by atoms with van der Waals surface area (Å²) in [7, 11) is 0. The summed E-state index contributed by atoms with van der Waals surface area (Å²) in [5.41, 5.74) is 1.64. The molecule has 4 aliphatic carbocycles. The Labute approximate surface area is 217 Å². The van der Waals surface area contributed by atoms with Crippen molar-refractivity contribution in [3.63, 3.8) is 0 Å². The van der Waals surface area contributed by atoms with Crippen molar-refractivity contribution < 1.29 is 10.2 Å². The molecule has 4 aliphatic rings. The molecule has 36 heavy (non-hydrogen) atoms. The van der Waals surface area contributed by atoms with E-state index in [0.717, 1.165) is 37.4 Å². The van der Waals surface area contributed by atoms with Gasteiger partial charge in [0.2, 0.25) is 5.95 Å². The van der Waals surface area contributed by atoms with Crippen molar-refractivity contribution in [2.45, 2.75) is 57.2 Å². The number of nitrogens with one attached hydrogen (secondary N) is 3. The van der Waals surface area contributed by atoms with Gasteiger partial charge >= 0.3 is 0 Å². The molecule has 4 saturated carbocycles. The smallest absolute Gasteiger partial charge is 0.224 e. The highest BCUT2D eigenvalue weighted by molar-refractivity contribution is 6.31. The maximum absolute atomic E-state index is 9.68. The van der Waals surface area contributed by atoms with Gasteiger partial charge in [-0.3, -0.25) is 0 Å². The van der Waals surface area contributed by atoms with Crippen molar-refractivity contribution in [3.05, 3.63) is 46.6 Å². The van der Waals surface area contributed by atoms with Crippen LogP contribution in [0.4, 0.5) is 11.8 Å². The Kier molecular flexibility index (Phi) is 7.63. The second kappa shape index (κ2) is 10.9. The number of hydrogen-bond donors (Lipinski definition) is 5. The third kappa shape index (κ3) is 5.45. The topological polar surface area (TPSA) is 126 Å². The number of nitriles is 1. The summed E-state index contributed by atoms with van der Waals surface area (Å²) in [6.07, 6.45) is 7.61. The molecule has 1 unspecified atom stereocenters. The van der Waals surface area contributed by atoms with E-state index in [1.807, 2.05) is 24.3 Å². The van der Waals surface area contributed by atoms with Crippen LogP contribution in [-0.2, 0) is 6.54 Å². The van der Waals surface area contributed by atoms with Gasteiger partial charge in [-0.15, -0.1) is 0 Å². The lowest BCUT2D eigenvalue weighted by atomic mass is 9.48. The second-order valence-electron chi connectivity index (χ2n) is 10.9. The molecule has 0 spiro atoms. The molecule has 5 N–H and O–H groups in total. The molecule has 6 atom stereocenters. The quantitative estimate of drug-likeness (QED) is 0.310. The zero-order valence-electron chi connectivity index (χ0n) is 20.5. The molecule has 1 aromatic carbocycles. The highest BCUT2D eigenvalue weighted by atomic mass is 35.5. The molecule has 9 heteroatoms. The highest BCUT2D eigenvalue weighted by Crippen LogP contribution is 2.60. The number of benzene rings is 1. The SMILES string of the molecule is N#Cc1cnc(NCc2ccccc2Cl)nc1NC[C@]12CC3C[C@H](C1)[C@@H](NCC[C@H](O)CO)[C@@H](C3)C2. The van der Waals surface area contributed by atoms with E-state index in [2.05, 4.69) is 32.0 Å². The molecule has 192 valence electrons. The van der Waals surface area contributed by atoms with Gasteiger partial charge in [0, 0.05) is 24.2 Å². The van der Waals surface area contributed by atoms with Crippen LogP contribution >= 0.6 is 11.6 Å². The Bertz CT molecular complexity index is 1090. The largest absolute Gasteiger partial charge is 0.394 e. The van der Waals surface area contributed by atoms with E-state index in [1.54, 1.807) is 6.20 Å². The van der Waals surface area contributed by atoms with E-state index in [4.69, 9.17) is 16.7 Å². The van der Waals surface area contributed by atoms with Crippen LogP contribution < -0.4 is 16.0 Å². The van der Waals surface area contributed by atoms with Crippen LogP contribution in [0.5, 0.6) is 0 Å². The average Bonchev–Trinajstić information content (AvgIpc) is 2.88. The van der Waals surface area contributed by atoms with Crippen molar-refractivity contribution in [3.8, 4) is 6.07 Å². The summed E-state index contributed by atoms with van der Waals surface area (Å²) >= 11 is 6.27. The van der Waals surface area contributed by atoms with E-state index >= 15 is 0 Å². The average molecular weight is 511 g/mol. The lowest BCUT2D eigenvalue weighted by molar-refractivity contribution is -0.0699. The molecular formula is C27H35ClN6O2. The van der Waals surface area contributed by atoms with Crippen LogP contribution in [0.1, 0.15) is 49.7 Å². The number of hydrogen-bond acceptors (Lipinski definition) is 8. The lowest BCUT2D eigenvalue weighted by Crippen LogP contribution is -2.59. The first-order valence-electron chi connectivity index (χ1n) is 13.0. The molecule has 4 bridgehead atoms. The Morgan fingerprint density at radius 1 is 1.17 bits per heavy atom. The van der Waals surface area contributed by atoms with Gasteiger partial charge in [0.25, 0.3) is 0 Å². The standard InChI is InChI=1S/C27H35ClN6O2/c28-23-4-2-1-3-18(23)13-31-26-32-14-21(12-29)25(34-26)33-16-27-9-17-7-19(10-27)24(20(8-17)11-27)30-6-5-22(36)15-35/h1-4,14,17,19-20,22,24,30,35-36H,5-11,13,15-16H2,(H2,31,32,33,34)/t17?,19-,20+,22-,24-,27-/m0/s1. The number of aromatic nitrogens is 2. The third-order valence-electron chi connectivity index (χ3n) is 8.40. The van der Waals surface area contributed by atoms with Crippen LogP contribution in [0.3, 0.4) is 0 Å². The van der Waals surface area contributed by atoms with Gasteiger partial charge in [-0.2, -0.15) is 10.2 Å². The zero-order chi connectivity index (χ0) is 25.1. The maximum atomic E-state index is 9.68. The van der Waals surface area contributed by atoms with Crippen LogP contribution in [0.15, 0.2) is 30.5 Å². The van der Waals surface area contributed by atoms with Gasteiger partial charge in [-0.1, -0.05) is 29.8 Å². The lowest BCUT2D eigenvalue weighted by Gasteiger charge is -2.60. The first-order valence-corrected chi connectivity index (χ1v) is 13.4. The Hall–Kier alpha value is -2.44. The van der Waals surface area contributed by atoms with E-state index < -0.39 is 6.10 Å². The predicted octanol–water partition coefficient (Wildman–Crippen LogP) is 3.55. The summed E-state index contributed by atoms with van der Waals surface area (Å²) in [6.45, 7) is 1.87. The van der Waals surface area contributed by atoms with Crippen molar-refractivity contribution in [1.82, 2.24) is 15.3 Å². The van der Waals surface area contributed by atoms with Crippen LogP contribution in [0.25, 0.3) is 0 Å². The number of rotatable bonds is 11. The minimum absolute atomic E-state index is 0.180. The summed E-state index contributed by atoms with van der Waals surface area (Å²) in [4.78, 5) is 8.95. The fourth-order valence-corrected chi connectivity index (χ4v) is 7.22. The monoisotopic (exact) mass is 510 g/mol. The van der Waals surface area contributed by atoms with Crippen molar-refractivity contribution >= 4 is 23.4 Å². The molecule has 8 nitrogen and oxygen atoms in total. The number of aliphatic hydroxyl groups is 2. The van der Waals surface area contributed by atoms with Crippen LogP contribution in [0.2, 0.25) is 5.02 Å². The van der Waals surface area contributed by atoms with E-state index in [9.17, 15) is 10.4 Å². The molecule has 1 aromatic heterocycles. The molecule has 4 fully saturated rings. The zero-order valence-corrected chi connectivity index (χ0v) is 21.2. The fourth-order valence-electron chi connectivity index (χ4n) is 7.02. The molecule has 0 amide bonds. The second-order valence-corrected chi connectivity index (χ2v) is 11.3. The normalized spacial score (nSPS) is 29.1. The van der Waals surface area contributed by atoms with Gasteiger partial charge in [-0.05, 0) is 79.9 Å². The van der Waals surface area contributed by atoms with Gasteiger partial charge in [-0.25, -0.2) is 4.98 Å². The molecule has 6 rings (SSSR count). The van der Waals surface area contributed by atoms with Gasteiger partial charge in [0.15, 0.2) is 0 Å². The van der Waals surface area contributed by atoms with E-state index in [0.29, 0.717) is 53.2 Å². The number of anilines is 2. The summed E-state index contributed by atoms with van der Waals surface area (Å²) in [5, 5.41) is 39.6. The summed E-state index contributed by atoms with van der Waals surface area (Å²) in [5.74, 6) is 3.09. The molecule has 0 radical (unpaired) electrons. The molecule has 0 aliphatic heterocycles. The highest BCUT2D eigenvalue weighted by Gasteiger charge is 2.55. The van der Waals surface area contributed by atoms with Crippen molar-refractivity contribution in [2.75, 3.05) is 30.3 Å². The Balaban J connectivity index is 1.22. The molecule has 0 saturated heterocycles. The van der Waals surface area contributed by atoms with Crippen molar-refractivity contribution in [2.24, 2.45) is 23.2 Å². The maximum Gasteiger partial charge on any atom is 0.224 e. The van der Waals surface area contributed by atoms with E-state index in [-0.39, 0.29) is 12.0 Å². The Morgan fingerprint density at radius 2 is 1.94 bits per heavy atom. The molecule has 1 heterocycles. The first kappa shape index (κ1) is 25.2. The number of aliphatic hydroxyl groups excluding tert-OH is 2. The van der Waals surface area contributed by atoms with E-state index in [1.165, 1.54) is 19.3 Å². The van der Waals surface area contributed by atoms with Crippen LogP contribution in [0, 0.1) is 34.5 Å². The van der Waals surface area contributed by atoms with Gasteiger partial charge < -0.3 is 26.2 Å². The molecule has 2 aromatic rings. The Morgan fingerprint density at radius 3 is 2.67 bits per heavy atom. The van der Waals surface area contributed by atoms with Gasteiger partial charge in [0.05, 0.1) is 18.9 Å². The van der Waals surface area contributed by atoms with Crippen LogP contribution in [-0.4, -0.2) is 52.0 Å². The number of halogens is 1. The molecular weight excluding hydrogens is 476 g/mol. The summed E-state index contributed by atoms with van der Waals surface area (Å²) in [6, 6.07) is 10.4. The summed E-state index contributed by atoms with van der Waals surface area (Å²) < 4.78 is 0. The van der Waals surface area contributed by atoms with Gasteiger partial charge in [0.1, 0.15) is 17.5 Å². The third-order valence-corrected chi connectivity index (χ3v) is 8.77.